The van der Waals surface area contributed by atoms with Crippen LogP contribution < -0.4 is 14.8 Å². The van der Waals surface area contributed by atoms with Gasteiger partial charge in [0, 0.05) is 9.79 Å². The fourth-order valence-electron chi connectivity index (χ4n) is 2.72. The largest absolute Gasteiger partial charge is 0.496 e. The van der Waals surface area contributed by atoms with E-state index in [1.54, 1.807) is 24.3 Å². The number of carbonyl (C=O) groups excluding carboxylic acids is 2. The van der Waals surface area contributed by atoms with Gasteiger partial charge in [-0.1, -0.05) is 48.2 Å². The molecule has 0 fully saturated rings. The predicted molar refractivity (Wildman–Crippen MR) is 115 cm³/mol. The summed E-state index contributed by atoms with van der Waals surface area (Å²) in [5.41, 5.74) is 0.776. The van der Waals surface area contributed by atoms with Crippen LogP contribution in [0.5, 0.6) is 11.5 Å². The molecule has 0 saturated carbocycles. The van der Waals surface area contributed by atoms with E-state index in [1.807, 2.05) is 48.5 Å². The quantitative estimate of drug-likeness (QED) is 0.532. The Morgan fingerprint density at radius 2 is 1.47 bits per heavy atom. The highest BCUT2D eigenvalue weighted by atomic mass is 32.2. The first kappa shape index (κ1) is 21.3. The molecular formula is C23H21NO5S. The number of hydrogen-bond acceptors (Lipinski definition) is 6. The van der Waals surface area contributed by atoms with E-state index in [0.29, 0.717) is 17.2 Å². The number of esters is 1. The molecule has 3 rings (SSSR count). The normalized spacial score (nSPS) is 10.2. The third-order valence-electron chi connectivity index (χ3n) is 4.10. The number of benzene rings is 3. The number of carbonyl (C=O) groups is 2. The number of hydrogen-bond donors (Lipinski definition) is 1. The van der Waals surface area contributed by atoms with Crippen molar-refractivity contribution in [3.8, 4) is 11.5 Å². The molecule has 0 heterocycles. The Morgan fingerprint density at radius 1 is 0.833 bits per heavy atom. The summed E-state index contributed by atoms with van der Waals surface area (Å²) >= 11 is 1.53. The molecule has 0 radical (unpaired) electrons. The van der Waals surface area contributed by atoms with Crippen LogP contribution in [0.25, 0.3) is 0 Å². The Kier molecular flexibility index (Phi) is 7.34. The summed E-state index contributed by atoms with van der Waals surface area (Å²) in [4.78, 5) is 26.8. The van der Waals surface area contributed by atoms with Gasteiger partial charge in [-0.05, 0) is 36.4 Å². The monoisotopic (exact) mass is 423 g/mol. The lowest BCUT2D eigenvalue weighted by molar-refractivity contribution is -0.119. The van der Waals surface area contributed by atoms with E-state index >= 15 is 0 Å². The van der Waals surface area contributed by atoms with Crippen molar-refractivity contribution in [3.63, 3.8) is 0 Å². The molecule has 1 amide bonds. The highest BCUT2D eigenvalue weighted by Gasteiger charge is 2.21. The Morgan fingerprint density at radius 3 is 2.13 bits per heavy atom. The molecule has 3 aromatic rings. The van der Waals surface area contributed by atoms with Gasteiger partial charge in [-0.2, -0.15) is 0 Å². The van der Waals surface area contributed by atoms with Crippen molar-refractivity contribution in [1.29, 1.82) is 0 Å². The Balaban J connectivity index is 1.65. The number of methoxy groups -OCH3 is 2. The number of para-hydroxylation sites is 1. The van der Waals surface area contributed by atoms with Crippen molar-refractivity contribution < 1.29 is 23.8 Å². The minimum absolute atomic E-state index is 0.135. The molecule has 1 N–H and O–H groups in total. The lowest BCUT2D eigenvalue weighted by Crippen LogP contribution is -2.21. The molecule has 0 unspecified atom stereocenters. The first-order chi connectivity index (χ1) is 14.6. The van der Waals surface area contributed by atoms with Crippen molar-refractivity contribution in [2.45, 2.75) is 9.79 Å². The fraction of sp³-hybridized carbons (Fsp3) is 0.130. The van der Waals surface area contributed by atoms with Gasteiger partial charge in [-0.15, -0.1) is 0 Å². The van der Waals surface area contributed by atoms with E-state index in [0.717, 1.165) is 9.79 Å². The second-order valence-corrected chi connectivity index (χ2v) is 7.19. The minimum Gasteiger partial charge on any atom is -0.496 e. The van der Waals surface area contributed by atoms with Gasteiger partial charge in [-0.3, -0.25) is 4.79 Å². The smallest absolute Gasteiger partial charge is 0.346 e. The van der Waals surface area contributed by atoms with E-state index < -0.39 is 18.5 Å². The maximum Gasteiger partial charge on any atom is 0.346 e. The van der Waals surface area contributed by atoms with Crippen LogP contribution >= 0.6 is 11.8 Å². The van der Waals surface area contributed by atoms with Gasteiger partial charge in [0.2, 0.25) is 0 Å². The lowest BCUT2D eigenvalue weighted by atomic mass is 10.2. The molecule has 7 heteroatoms. The summed E-state index contributed by atoms with van der Waals surface area (Å²) < 4.78 is 15.6. The molecule has 6 nitrogen and oxygen atoms in total. The Labute approximate surface area is 179 Å². The standard InChI is InChI=1S/C23H21NO5S/c1-27-18-12-8-13-19(28-2)22(18)23(26)29-15-21(25)24-17-11-6-7-14-20(17)30-16-9-4-3-5-10-16/h3-14H,15H2,1-2H3,(H,24,25). The van der Waals surface area contributed by atoms with Crippen LogP contribution in [0, 0.1) is 0 Å². The first-order valence-electron chi connectivity index (χ1n) is 9.12. The average molecular weight is 423 g/mol. The van der Waals surface area contributed by atoms with Crippen LogP contribution in [-0.4, -0.2) is 32.7 Å². The molecule has 154 valence electrons. The molecule has 0 atom stereocenters. The molecule has 3 aromatic carbocycles. The van der Waals surface area contributed by atoms with Crippen LogP contribution in [0.1, 0.15) is 10.4 Å². The maximum atomic E-state index is 12.5. The number of ether oxygens (including phenoxy) is 3. The van der Waals surface area contributed by atoms with Gasteiger partial charge in [0.1, 0.15) is 17.1 Å². The fourth-order valence-corrected chi connectivity index (χ4v) is 3.64. The summed E-state index contributed by atoms with van der Waals surface area (Å²) in [7, 11) is 2.89. The second-order valence-electron chi connectivity index (χ2n) is 6.07. The summed E-state index contributed by atoms with van der Waals surface area (Å²) in [5, 5.41) is 2.80. The summed E-state index contributed by atoms with van der Waals surface area (Å²) in [5.74, 6) is -0.529. The topological polar surface area (TPSA) is 73.9 Å². The Bertz CT molecular complexity index is 1000. The SMILES string of the molecule is COc1cccc(OC)c1C(=O)OCC(=O)Nc1ccccc1Sc1ccccc1. The molecule has 0 aromatic heterocycles. The van der Waals surface area contributed by atoms with Crippen LogP contribution in [-0.2, 0) is 9.53 Å². The number of anilines is 1. The zero-order valence-corrected chi connectivity index (χ0v) is 17.4. The Hall–Kier alpha value is -3.45. The number of rotatable bonds is 8. The molecule has 0 aliphatic heterocycles. The van der Waals surface area contributed by atoms with Gasteiger partial charge in [0.25, 0.3) is 5.91 Å². The molecule has 0 aliphatic rings. The maximum absolute atomic E-state index is 12.5. The summed E-state index contributed by atoms with van der Waals surface area (Å²) in [6, 6.07) is 22.2. The molecular weight excluding hydrogens is 402 g/mol. The second kappa shape index (κ2) is 10.4. The zero-order valence-electron chi connectivity index (χ0n) is 16.6. The molecule has 0 aliphatic carbocycles. The summed E-state index contributed by atoms with van der Waals surface area (Å²) in [6.45, 7) is -0.440. The average Bonchev–Trinajstić information content (AvgIpc) is 2.78. The molecule has 0 saturated heterocycles. The third kappa shape index (κ3) is 5.33. The van der Waals surface area contributed by atoms with Gasteiger partial charge < -0.3 is 19.5 Å². The molecule has 0 spiro atoms. The van der Waals surface area contributed by atoms with E-state index in [1.165, 1.54) is 26.0 Å². The van der Waals surface area contributed by atoms with Crippen molar-refractivity contribution in [2.75, 3.05) is 26.1 Å². The van der Waals surface area contributed by atoms with Crippen LogP contribution in [0.2, 0.25) is 0 Å². The molecule has 30 heavy (non-hydrogen) atoms. The summed E-state index contributed by atoms with van der Waals surface area (Å²) in [6.07, 6.45) is 0. The van der Waals surface area contributed by atoms with Crippen LogP contribution in [0.4, 0.5) is 5.69 Å². The third-order valence-corrected chi connectivity index (χ3v) is 5.18. The predicted octanol–water partition coefficient (Wildman–Crippen LogP) is 4.65. The number of amides is 1. The van der Waals surface area contributed by atoms with Crippen LogP contribution in [0.3, 0.4) is 0 Å². The lowest BCUT2D eigenvalue weighted by Gasteiger charge is -2.13. The van der Waals surface area contributed by atoms with E-state index in [2.05, 4.69) is 5.32 Å². The zero-order chi connectivity index (χ0) is 21.3. The van der Waals surface area contributed by atoms with Gasteiger partial charge in [0.15, 0.2) is 6.61 Å². The van der Waals surface area contributed by atoms with Crippen molar-refractivity contribution in [1.82, 2.24) is 0 Å². The highest BCUT2D eigenvalue weighted by Crippen LogP contribution is 2.33. The van der Waals surface area contributed by atoms with Crippen LogP contribution in [0.15, 0.2) is 82.6 Å². The minimum atomic E-state index is -0.702. The van der Waals surface area contributed by atoms with Crippen molar-refractivity contribution >= 4 is 29.3 Å². The first-order valence-corrected chi connectivity index (χ1v) is 9.94. The van der Waals surface area contributed by atoms with E-state index in [4.69, 9.17) is 14.2 Å². The highest BCUT2D eigenvalue weighted by molar-refractivity contribution is 7.99. The van der Waals surface area contributed by atoms with E-state index in [-0.39, 0.29) is 5.56 Å². The van der Waals surface area contributed by atoms with Crippen molar-refractivity contribution in [2.24, 2.45) is 0 Å². The molecule has 0 bridgehead atoms. The van der Waals surface area contributed by atoms with Gasteiger partial charge >= 0.3 is 5.97 Å². The van der Waals surface area contributed by atoms with Crippen molar-refractivity contribution in [3.05, 3.63) is 78.4 Å². The van der Waals surface area contributed by atoms with Gasteiger partial charge in [-0.25, -0.2) is 4.79 Å². The van der Waals surface area contributed by atoms with Gasteiger partial charge in [0.05, 0.1) is 19.9 Å². The van der Waals surface area contributed by atoms with E-state index in [9.17, 15) is 9.59 Å². The number of nitrogens with one attached hydrogen (secondary N) is 1.